The third kappa shape index (κ3) is 4.11. The number of carbonyl (C=O) groups is 1. The highest BCUT2D eigenvalue weighted by Gasteiger charge is 2.21. The van der Waals surface area contributed by atoms with E-state index in [-0.39, 0.29) is 21.6 Å². The molecule has 4 nitrogen and oxygen atoms in total. The van der Waals surface area contributed by atoms with Gasteiger partial charge in [-0.1, -0.05) is 18.0 Å². The van der Waals surface area contributed by atoms with Crippen molar-refractivity contribution in [3.05, 3.63) is 28.8 Å². The number of ether oxygens (including phenoxy) is 1. The third-order valence-corrected chi connectivity index (χ3v) is 4.77. The Kier molecular flexibility index (Phi) is 4.94. The van der Waals surface area contributed by atoms with Crippen molar-refractivity contribution in [3.8, 4) is 0 Å². The van der Waals surface area contributed by atoms with Crippen molar-refractivity contribution in [3.63, 3.8) is 0 Å². The molecule has 1 aromatic rings. The van der Waals surface area contributed by atoms with Crippen LogP contribution in [0.5, 0.6) is 0 Å². The van der Waals surface area contributed by atoms with Crippen LogP contribution in [-0.4, -0.2) is 20.5 Å². The summed E-state index contributed by atoms with van der Waals surface area (Å²) in [7, 11) is 1.33. The molecule has 0 atom stereocenters. The molecular weight excluding hydrogens is 323 g/mol. The topological polar surface area (TPSA) is 60.4 Å². The number of benzene rings is 1. The summed E-state index contributed by atoms with van der Waals surface area (Å²) < 4.78 is 28.0. The van der Waals surface area contributed by atoms with Crippen LogP contribution in [0.4, 0.5) is 0 Å². The average molecular weight is 337 g/mol. The van der Waals surface area contributed by atoms with Crippen LogP contribution in [0.2, 0.25) is 5.02 Å². The molecule has 1 aromatic carbocycles. The van der Waals surface area contributed by atoms with Crippen molar-refractivity contribution in [2.75, 3.05) is 0 Å². The fourth-order valence-corrected chi connectivity index (χ4v) is 3.33. The predicted octanol–water partition coefficient (Wildman–Crippen LogP) is 3.76. The van der Waals surface area contributed by atoms with Crippen LogP contribution in [0.3, 0.4) is 0 Å². The van der Waals surface area contributed by atoms with Crippen LogP contribution in [-0.2, 0) is 13.8 Å². The van der Waals surface area contributed by atoms with Crippen molar-refractivity contribution in [2.24, 2.45) is 0 Å². The average Bonchev–Trinajstić information content (AvgIpc) is 2.38. The van der Waals surface area contributed by atoms with Crippen molar-refractivity contribution >= 4 is 37.3 Å². The number of esters is 1. The van der Waals surface area contributed by atoms with E-state index in [1.54, 1.807) is 0 Å². The minimum atomic E-state index is -3.93. The van der Waals surface area contributed by atoms with Crippen LogP contribution in [0.15, 0.2) is 23.1 Å². The summed E-state index contributed by atoms with van der Waals surface area (Å²) in [6, 6.07) is 3.75. The maximum atomic E-state index is 12.0. The van der Waals surface area contributed by atoms with E-state index in [9.17, 15) is 13.2 Å². The van der Waals surface area contributed by atoms with E-state index < -0.39 is 15.0 Å². The molecule has 0 aromatic heterocycles. The van der Waals surface area contributed by atoms with Crippen LogP contribution >= 0.6 is 22.3 Å². The van der Waals surface area contributed by atoms with E-state index >= 15 is 0 Å². The lowest BCUT2D eigenvalue weighted by Gasteiger charge is -2.21. The first kappa shape index (κ1) is 15.6. The molecule has 0 aliphatic heterocycles. The van der Waals surface area contributed by atoms with Crippen LogP contribution < -0.4 is 0 Å². The lowest BCUT2D eigenvalue weighted by molar-refractivity contribution is 0.0211. The van der Waals surface area contributed by atoms with Gasteiger partial charge >= 0.3 is 5.97 Å². The third-order valence-electron chi connectivity index (χ3n) is 3.21. The summed E-state index contributed by atoms with van der Waals surface area (Å²) >= 11 is 5.81. The van der Waals surface area contributed by atoms with E-state index in [0.717, 1.165) is 32.1 Å². The minimum Gasteiger partial charge on any atom is -0.459 e. The van der Waals surface area contributed by atoms with Gasteiger partial charge in [-0.15, -0.1) is 0 Å². The highest BCUT2D eigenvalue weighted by molar-refractivity contribution is 8.13. The van der Waals surface area contributed by atoms with E-state index in [1.165, 1.54) is 18.2 Å². The van der Waals surface area contributed by atoms with Crippen molar-refractivity contribution < 1.29 is 17.9 Å². The van der Waals surface area contributed by atoms with Gasteiger partial charge < -0.3 is 4.74 Å². The van der Waals surface area contributed by atoms with Gasteiger partial charge in [0.25, 0.3) is 9.05 Å². The molecule has 1 fully saturated rings. The smallest absolute Gasteiger partial charge is 0.338 e. The summed E-state index contributed by atoms with van der Waals surface area (Å²) in [4.78, 5) is 11.8. The second kappa shape index (κ2) is 6.33. The van der Waals surface area contributed by atoms with Gasteiger partial charge in [0.05, 0.1) is 10.5 Å². The second-order valence-corrected chi connectivity index (χ2v) is 7.78. The number of halogens is 2. The van der Waals surface area contributed by atoms with Crippen molar-refractivity contribution in [2.45, 2.75) is 43.1 Å². The summed E-state index contributed by atoms with van der Waals surface area (Å²) in [5, 5.41) is 0.127. The fourth-order valence-electron chi connectivity index (χ4n) is 2.22. The van der Waals surface area contributed by atoms with Gasteiger partial charge in [0.1, 0.15) is 6.10 Å². The highest BCUT2D eigenvalue weighted by Crippen LogP contribution is 2.25. The van der Waals surface area contributed by atoms with Crippen molar-refractivity contribution in [1.82, 2.24) is 0 Å². The van der Waals surface area contributed by atoms with E-state index in [1.807, 2.05) is 0 Å². The molecule has 0 unspecified atom stereocenters. The van der Waals surface area contributed by atoms with Crippen LogP contribution in [0.1, 0.15) is 42.5 Å². The number of hydrogen-bond donors (Lipinski definition) is 0. The zero-order valence-electron chi connectivity index (χ0n) is 10.6. The van der Waals surface area contributed by atoms with Gasteiger partial charge in [-0.3, -0.25) is 0 Å². The van der Waals surface area contributed by atoms with Gasteiger partial charge in [0.15, 0.2) is 0 Å². The molecule has 2 rings (SSSR count). The Morgan fingerprint density at radius 3 is 2.40 bits per heavy atom. The predicted molar refractivity (Wildman–Crippen MR) is 76.8 cm³/mol. The lowest BCUT2D eigenvalue weighted by Crippen LogP contribution is -2.21. The lowest BCUT2D eigenvalue weighted by atomic mass is 9.98. The monoisotopic (exact) mass is 336 g/mol. The molecule has 0 N–H and O–H groups in total. The van der Waals surface area contributed by atoms with E-state index in [4.69, 9.17) is 27.0 Å². The first-order valence-electron chi connectivity index (χ1n) is 6.32. The molecular formula is C13H14Cl2O4S. The van der Waals surface area contributed by atoms with Gasteiger partial charge in [-0.25, -0.2) is 13.2 Å². The summed E-state index contributed by atoms with van der Waals surface area (Å²) in [6.45, 7) is 0. The maximum Gasteiger partial charge on any atom is 0.338 e. The van der Waals surface area contributed by atoms with Gasteiger partial charge in [0.2, 0.25) is 0 Å². The number of rotatable bonds is 3. The molecule has 0 bridgehead atoms. The zero-order valence-corrected chi connectivity index (χ0v) is 13.0. The molecule has 110 valence electrons. The Morgan fingerprint density at radius 2 is 1.80 bits per heavy atom. The van der Waals surface area contributed by atoms with Crippen molar-refractivity contribution in [1.29, 1.82) is 0 Å². The Morgan fingerprint density at radius 1 is 1.15 bits per heavy atom. The number of carbonyl (C=O) groups excluding carboxylic acids is 1. The summed E-state index contributed by atoms with van der Waals surface area (Å²) in [6.07, 6.45) is 4.80. The quantitative estimate of drug-likeness (QED) is 0.622. The standard InChI is InChI=1S/C13H14Cl2O4S/c14-10-6-9(7-12(8-10)20(15,17)18)13(16)19-11-4-2-1-3-5-11/h6-8,11H,1-5H2. The Balaban J connectivity index is 2.19. The fraction of sp³-hybridized carbons (Fsp3) is 0.462. The van der Waals surface area contributed by atoms with E-state index in [0.29, 0.717) is 0 Å². The molecule has 0 spiro atoms. The summed E-state index contributed by atoms with van der Waals surface area (Å²) in [5.41, 5.74) is 0.0994. The molecule has 0 saturated heterocycles. The maximum absolute atomic E-state index is 12.0. The molecule has 1 aliphatic rings. The Hall–Kier alpha value is -0.780. The SMILES string of the molecule is O=C(OC1CCCCC1)c1cc(Cl)cc(S(=O)(=O)Cl)c1. The Labute approximate surface area is 127 Å². The molecule has 0 heterocycles. The van der Waals surface area contributed by atoms with E-state index in [2.05, 4.69) is 0 Å². The first-order chi connectivity index (χ1) is 9.36. The first-order valence-corrected chi connectivity index (χ1v) is 9.01. The second-order valence-electron chi connectivity index (χ2n) is 4.78. The molecule has 1 saturated carbocycles. The molecule has 0 amide bonds. The highest BCUT2D eigenvalue weighted by atomic mass is 35.7. The van der Waals surface area contributed by atoms with Crippen LogP contribution in [0.25, 0.3) is 0 Å². The molecule has 20 heavy (non-hydrogen) atoms. The Bertz CT molecular complexity index is 607. The molecule has 7 heteroatoms. The van der Waals surface area contributed by atoms with Gasteiger partial charge in [0, 0.05) is 15.7 Å². The van der Waals surface area contributed by atoms with Gasteiger partial charge in [-0.05, 0) is 43.9 Å². The normalized spacial score (nSPS) is 16.9. The molecule has 0 radical (unpaired) electrons. The van der Waals surface area contributed by atoms with Crippen LogP contribution in [0, 0.1) is 0 Å². The van der Waals surface area contributed by atoms with Gasteiger partial charge in [-0.2, -0.15) is 0 Å². The summed E-state index contributed by atoms with van der Waals surface area (Å²) in [5.74, 6) is -0.569. The zero-order chi connectivity index (χ0) is 14.8. The number of hydrogen-bond acceptors (Lipinski definition) is 4. The largest absolute Gasteiger partial charge is 0.459 e. The minimum absolute atomic E-state index is 0.0994. The molecule has 1 aliphatic carbocycles.